The van der Waals surface area contributed by atoms with Crippen LogP contribution in [0.15, 0.2) is 4.99 Å². The van der Waals surface area contributed by atoms with Gasteiger partial charge in [-0.15, -0.1) is 0 Å². The molecule has 1 N–H and O–H groups in total. The lowest BCUT2D eigenvalue weighted by Crippen LogP contribution is -2.29. The maximum atomic E-state index is 4.57. The molecule has 0 amide bonds. The molecule has 1 heterocycles. The van der Waals surface area contributed by atoms with E-state index in [1.165, 1.54) is 43.7 Å². The molecule has 0 radical (unpaired) electrons. The van der Waals surface area contributed by atoms with Gasteiger partial charge in [0.15, 0.2) is 5.17 Å². The summed E-state index contributed by atoms with van der Waals surface area (Å²) in [6.07, 6.45) is 8.34. The second kappa shape index (κ2) is 6.67. The Morgan fingerprint density at radius 2 is 1.82 bits per heavy atom. The highest BCUT2D eigenvalue weighted by molar-refractivity contribution is 8.14. The number of nitrogens with zero attached hydrogens (tertiary/aromatic N) is 1. The van der Waals surface area contributed by atoms with Gasteiger partial charge in [0.2, 0.25) is 0 Å². The Kier molecular flexibility index (Phi) is 5.20. The molecule has 1 atom stereocenters. The van der Waals surface area contributed by atoms with E-state index in [9.17, 15) is 0 Å². The van der Waals surface area contributed by atoms with Crippen molar-refractivity contribution in [2.24, 2.45) is 16.8 Å². The number of amidine groups is 1. The predicted molar refractivity (Wildman–Crippen MR) is 77.7 cm³/mol. The molecule has 1 fully saturated rings. The third kappa shape index (κ3) is 3.90. The predicted octanol–water partition coefficient (Wildman–Crippen LogP) is 3.67. The third-order valence-corrected chi connectivity index (χ3v) is 5.57. The van der Waals surface area contributed by atoms with Gasteiger partial charge in [-0.25, -0.2) is 0 Å². The van der Waals surface area contributed by atoms with Gasteiger partial charge in [0.25, 0.3) is 0 Å². The standard InChI is InChI=1S/C14H26N2S/c1-3-11-5-7-12(8-6-11)9-15-14-16-10-13(4-2)17-14/h11-13H,3-10H2,1-2H3,(H,15,16). The molecule has 2 aliphatic rings. The Balaban J connectivity index is 1.63. The first kappa shape index (κ1) is 13.3. The van der Waals surface area contributed by atoms with Crippen LogP contribution in [0.2, 0.25) is 0 Å². The number of nitrogens with one attached hydrogen (secondary N) is 1. The average Bonchev–Trinajstić information content (AvgIpc) is 2.85. The summed E-state index contributed by atoms with van der Waals surface area (Å²) in [5.74, 6) is 1.90. The molecule has 2 nitrogen and oxygen atoms in total. The first-order valence-corrected chi connectivity index (χ1v) is 8.14. The zero-order valence-corrected chi connectivity index (χ0v) is 12.1. The molecular weight excluding hydrogens is 228 g/mol. The summed E-state index contributed by atoms with van der Waals surface area (Å²) in [4.78, 5) is 4.57. The maximum Gasteiger partial charge on any atom is 0.156 e. The van der Waals surface area contributed by atoms with Gasteiger partial charge >= 0.3 is 0 Å². The third-order valence-electron chi connectivity index (χ3n) is 4.26. The van der Waals surface area contributed by atoms with Crippen molar-refractivity contribution in [1.29, 1.82) is 0 Å². The van der Waals surface area contributed by atoms with Crippen molar-refractivity contribution in [1.82, 2.24) is 5.32 Å². The second-order valence-corrected chi connectivity index (χ2v) is 6.76. The lowest BCUT2D eigenvalue weighted by Gasteiger charge is -2.28. The number of rotatable bonds is 4. The van der Waals surface area contributed by atoms with Crippen LogP contribution in [0.5, 0.6) is 0 Å². The fourth-order valence-corrected chi connectivity index (χ4v) is 3.75. The van der Waals surface area contributed by atoms with E-state index in [0.717, 1.165) is 30.2 Å². The Morgan fingerprint density at radius 1 is 1.12 bits per heavy atom. The van der Waals surface area contributed by atoms with Crippen LogP contribution in [0, 0.1) is 11.8 Å². The van der Waals surface area contributed by atoms with E-state index in [-0.39, 0.29) is 0 Å². The minimum absolute atomic E-state index is 0.730. The Bertz CT molecular complexity index is 257. The van der Waals surface area contributed by atoms with Crippen molar-refractivity contribution >= 4 is 16.9 Å². The average molecular weight is 254 g/mol. The van der Waals surface area contributed by atoms with Crippen LogP contribution in [0.3, 0.4) is 0 Å². The summed E-state index contributed by atoms with van der Waals surface area (Å²) < 4.78 is 0. The van der Waals surface area contributed by atoms with Crippen molar-refractivity contribution in [3.8, 4) is 0 Å². The van der Waals surface area contributed by atoms with Crippen LogP contribution in [0.25, 0.3) is 0 Å². The highest BCUT2D eigenvalue weighted by Gasteiger charge is 2.22. The molecule has 2 rings (SSSR count). The molecule has 1 aliphatic heterocycles. The topological polar surface area (TPSA) is 24.4 Å². The minimum atomic E-state index is 0.730. The van der Waals surface area contributed by atoms with Crippen molar-refractivity contribution in [3.63, 3.8) is 0 Å². The van der Waals surface area contributed by atoms with Gasteiger partial charge in [-0.05, 0) is 31.1 Å². The van der Waals surface area contributed by atoms with Gasteiger partial charge < -0.3 is 5.32 Å². The molecule has 1 unspecified atom stereocenters. The fourth-order valence-electron chi connectivity index (χ4n) is 2.80. The van der Waals surface area contributed by atoms with Gasteiger partial charge in [-0.1, -0.05) is 44.9 Å². The Morgan fingerprint density at radius 3 is 2.41 bits per heavy atom. The summed E-state index contributed by atoms with van der Waals surface area (Å²) in [5, 5.41) is 5.49. The largest absolute Gasteiger partial charge is 0.365 e. The van der Waals surface area contributed by atoms with Crippen LogP contribution >= 0.6 is 11.8 Å². The van der Waals surface area contributed by atoms with Crippen LogP contribution in [0.1, 0.15) is 52.4 Å². The monoisotopic (exact) mass is 254 g/mol. The molecule has 0 aromatic rings. The molecule has 0 aromatic heterocycles. The van der Waals surface area contributed by atoms with Crippen molar-refractivity contribution in [3.05, 3.63) is 0 Å². The highest BCUT2D eigenvalue weighted by Crippen LogP contribution is 2.30. The molecule has 98 valence electrons. The van der Waals surface area contributed by atoms with E-state index in [1.807, 2.05) is 11.8 Å². The minimum Gasteiger partial charge on any atom is -0.365 e. The fraction of sp³-hybridized carbons (Fsp3) is 0.929. The summed E-state index contributed by atoms with van der Waals surface area (Å²) in [7, 11) is 0. The Hall–Kier alpha value is -0.180. The van der Waals surface area contributed by atoms with Gasteiger partial charge in [-0.3, -0.25) is 4.99 Å². The number of aliphatic imine (C=N–C) groups is 1. The molecule has 0 bridgehead atoms. The second-order valence-electron chi connectivity index (χ2n) is 5.47. The maximum absolute atomic E-state index is 4.57. The quantitative estimate of drug-likeness (QED) is 0.827. The van der Waals surface area contributed by atoms with Crippen LogP contribution < -0.4 is 5.32 Å². The molecule has 1 saturated carbocycles. The summed E-state index contributed by atoms with van der Waals surface area (Å²) in [6.45, 7) is 6.75. The first-order chi connectivity index (χ1) is 8.31. The molecule has 3 heteroatoms. The van der Waals surface area contributed by atoms with Gasteiger partial charge in [0, 0.05) is 11.8 Å². The van der Waals surface area contributed by atoms with Crippen LogP contribution in [-0.4, -0.2) is 23.5 Å². The van der Waals surface area contributed by atoms with Crippen molar-refractivity contribution in [2.45, 2.75) is 57.6 Å². The van der Waals surface area contributed by atoms with Gasteiger partial charge in [0.05, 0.1) is 6.54 Å². The van der Waals surface area contributed by atoms with E-state index in [2.05, 4.69) is 24.2 Å². The van der Waals surface area contributed by atoms with Gasteiger partial charge in [0.1, 0.15) is 0 Å². The SMILES string of the molecule is CCC1CCC(CNC2=NCC(CC)S2)CC1. The van der Waals surface area contributed by atoms with E-state index in [1.54, 1.807) is 0 Å². The zero-order chi connectivity index (χ0) is 12.1. The smallest absolute Gasteiger partial charge is 0.156 e. The molecular formula is C14H26N2S. The summed E-state index contributed by atoms with van der Waals surface area (Å²) in [6, 6.07) is 0. The lowest BCUT2D eigenvalue weighted by molar-refractivity contribution is 0.269. The Labute approximate surface area is 110 Å². The van der Waals surface area contributed by atoms with E-state index in [0.29, 0.717) is 0 Å². The van der Waals surface area contributed by atoms with E-state index in [4.69, 9.17) is 0 Å². The summed E-state index contributed by atoms with van der Waals surface area (Å²) in [5.41, 5.74) is 0. The van der Waals surface area contributed by atoms with E-state index < -0.39 is 0 Å². The zero-order valence-electron chi connectivity index (χ0n) is 11.2. The van der Waals surface area contributed by atoms with Crippen LogP contribution in [-0.2, 0) is 0 Å². The lowest BCUT2D eigenvalue weighted by atomic mass is 9.81. The van der Waals surface area contributed by atoms with Crippen LogP contribution in [0.4, 0.5) is 0 Å². The van der Waals surface area contributed by atoms with Crippen molar-refractivity contribution < 1.29 is 0 Å². The molecule has 0 saturated heterocycles. The molecule has 17 heavy (non-hydrogen) atoms. The number of thioether (sulfide) groups is 1. The first-order valence-electron chi connectivity index (χ1n) is 7.26. The molecule has 0 aromatic carbocycles. The summed E-state index contributed by atoms with van der Waals surface area (Å²) >= 11 is 1.94. The number of hydrogen-bond acceptors (Lipinski definition) is 3. The highest BCUT2D eigenvalue weighted by atomic mass is 32.2. The normalized spacial score (nSPS) is 33.5. The van der Waals surface area contributed by atoms with Crippen molar-refractivity contribution in [2.75, 3.05) is 13.1 Å². The van der Waals surface area contributed by atoms with Gasteiger partial charge in [-0.2, -0.15) is 0 Å². The molecule has 1 aliphatic carbocycles. The number of hydrogen-bond donors (Lipinski definition) is 1. The molecule has 0 spiro atoms. The van der Waals surface area contributed by atoms with E-state index >= 15 is 0 Å².